The van der Waals surface area contributed by atoms with Crippen LogP contribution >= 0.6 is 24.8 Å². The number of aryl methyl sites for hydroxylation is 1. The summed E-state index contributed by atoms with van der Waals surface area (Å²) in [6.45, 7) is 6.38. The van der Waals surface area contributed by atoms with Crippen LogP contribution in [0.15, 0.2) is 24.3 Å². The smallest absolute Gasteiger partial charge is 0.249 e. The third kappa shape index (κ3) is 6.59. The summed E-state index contributed by atoms with van der Waals surface area (Å²) < 4.78 is 11.2. The largest absolute Gasteiger partial charge is 0.379 e. The van der Waals surface area contributed by atoms with Crippen molar-refractivity contribution in [2.75, 3.05) is 39.4 Å². The van der Waals surface area contributed by atoms with Crippen molar-refractivity contribution >= 4 is 30.7 Å². The first-order valence-corrected chi connectivity index (χ1v) is 9.19. The molecule has 1 amide bonds. The van der Waals surface area contributed by atoms with Gasteiger partial charge in [0.1, 0.15) is 6.10 Å². The highest BCUT2D eigenvalue weighted by Crippen LogP contribution is 2.23. The Morgan fingerprint density at radius 3 is 2.67 bits per heavy atom. The maximum Gasteiger partial charge on any atom is 0.249 e. The molecule has 3 rings (SSSR count). The van der Waals surface area contributed by atoms with Crippen LogP contribution in [0.5, 0.6) is 0 Å². The zero-order chi connectivity index (χ0) is 17.6. The molecule has 2 fully saturated rings. The predicted octanol–water partition coefficient (Wildman–Crippen LogP) is 1.83. The molecule has 3 atom stereocenters. The fourth-order valence-corrected chi connectivity index (χ4v) is 3.61. The minimum Gasteiger partial charge on any atom is -0.379 e. The van der Waals surface area contributed by atoms with Crippen LogP contribution in [0.25, 0.3) is 0 Å². The molecule has 8 heteroatoms. The molecular weight excluding hydrogens is 389 g/mol. The number of rotatable bonds is 6. The van der Waals surface area contributed by atoms with E-state index in [2.05, 4.69) is 41.4 Å². The number of carbonyl (C=O) groups excluding carboxylic acids is 1. The molecular formula is C19H31Cl2N3O3. The van der Waals surface area contributed by atoms with Gasteiger partial charge in [-0.1, -0.05) is 29.8 Å². The number of ether oxygens (including phenoxy) is 2. The summed E-state index contributed by atoms with van der Waals surface area (Å²) in [4.78, 5) is 14.9. The Kier molecular flexibility index (Phi) is 10.6. The number of halogens is 2. The second-order valence-electron chi connectivity index (χ2n) is 6.88. The summed E-state index contributed by atoms with van der Waals surface area (Å²) in [6, 6.07) is 8.65. The van der Waals surface area contributed by atoms with E-state index < -0.39 is 0 Å². The first kappa shape index (κ1) is 24.1. The van der Waals surface area contributed by atoms with Crippen molar-refractivity contribution in [2.45, 2.75) is 38.0 Å². The van der Waals surface area contributed by atoms with Gasteiger partial charge >= 0.3 is 0 Å². The Labute approximate surface area is 174 Å². The molecule has 1 unspecified atom stereocenters. The van der Waals surface area contributed by atoms with Crippen molar-refractivity contribution in [2.24, 2.45) is 5.73 Å². The summed E-state index contributed by atoms with van der Waals surface area (Å²) >= 11 is 0. The van der Waals surface area contributed by atoms with E-state index in [1.807, 2.05) is 0 Å². The molecule has 2 saturated heterocycles. The summed E-state index contributed by atoms with van der Waals surface area (Å²) in [5.74, 6) is -0.0261. The van der Waals surface area contributed by atoms with Crippen LogP contribution in [0.4, 0.5) is 0 Å². The van der Waals surface area contributed by atoms with Gasteiger partial charge in [0.05, 0.1) is 25.4 Å². The van der Waals surface area contributed by atoms with Gasteiger partial charge in [-0.2, -0.15) is 0 Å². The number of nitrogens with zero attached hydrogens (tertiary/aromatic N) is 1. The Hall–Kier alpha value is -0.890. The van der Waals surface area contributed by atoms with E-state index in [0.29, 0.717) is 13.1 Å². The van der Waals surface area contributed by atoms with E-state index in [4.69, 9.17) is 15.2 Å². The van der Waals surface area contributed by atoms with Gasteiger partial charge in [-0.3, -0.25) is 9.69 Å². The molecule has 1 aromatic rings. The van der Waals surface area contributed by atoms with E-state index in [1.54, 1.807) is 0 Å². The van der Waals surface area contributed by atoms with Crippen molar-refractivity contribution in [3.63, 3.8) is 0 Å². The average molecular weight is 420 g/mol. The number of hydrogen-bond acceptors (Lipinski definition) is 5. The number of nitrogens with two attached hydrogens (primary N) is 1. The van der Waals surface area contributed by atoms with E-state index in [0.717, 1.165) is 39.1 Å². The van der Waals surface area contributed by atoms with Crippen molar-refractivity contribution < 1.29 is 14.3 Å². The standard InChI is InChI=1S/C19H29N3O3.2ClH/c1-14-3-2-4-15(11-14)17(22-7-9-24-10-8-22)13-21-19(23)18-6-5-16(12-20)25-18;;/h2-4,11,16-18H,5-10,12-13,20H2,1H3,(H,21,23);2*1H/t16-,17?,18+;;/m1../s1. The first-order valence-electron chi connectivity index (χ1n) is 9.19. The lowest BCUT2D eigenvalue weighted by molar-refractivity contribution is -0.132. The molecule has 6 nitrogen and oxygen atoms in total. The van der Waals surface area contributed by atoms with Crippen molar-refractivity contribution in [3.8, 4) is 0 Å². The van der Waals surface area contributed by atoms with Crippen molar-refractivity contribution in [3.05, 3.63) is 35.4 Å². The third-order valence-corrected chi connectivity index (χ3v) is 5.05. The summed E-state index contributed by atoms with van der Waals surface area (Å²) in [6.07, 6.45) is 1.26. The third-order valence-electron chi connectivity index (χ3n) is 5.05. The van der Waals surface area contributed by atoms with Crippen molar-refractivity contribution in [1.29, 1.82) is 0 Å². The maximum atomic E-state index is 12.5. The van der Waals surface area contributed by atoms with Crippen LogP contribution in [-0.2, 0) is 14.3 Å². The van der Waals surface area contributed by atoms with Crippen LogP contribution < -0.4 is 11.1 Å². The van der Waals surface area contributed by atoms with E-state index in [1.165, 1.54) is 11.1 Å². The predicted molar refractivity (Wildman–Crippen MR) is 111 cm³/mol. The van der Waals surface area contributed by atoms with Gasteiger partial charge in [0.2, 0.25) is 5.91 Å². The Morgan fingerprint density at radius 1 is 1.30 bits per heavy atom. The number of hydrogen-bond donors (Lipinski definition) is 2. The number of morpholine rings is 1. The molecule has 0 aromatic heterocycles. The molecule has 2 heterocycles. The van der Waals surface area contributed by atoms with Gasteiger partial charge in [0, 0.05) is 26.2 Å². The first-order chi connectivity index (χ1) is 12.2. The minimum atomic E-state index is -0.364. The SMILES string of the molecule is Cc1cccc(C(CNC(=O)[C@@H]2CC[C@H](CN)O2)N2CCOCC2)c1.Cl.Cl. The zero-order valence-corrected chi connectivity index (χ0v) is 17.4. The molecule has 2 aliphatic heterocycles. The summed E-state index contributed by atoms with van der Waals surface area (Å²) in [5.41, 5.74) is 8.09. The number of benzene rings is 1. The quantitative estimate of drug-likeness (QED) is 0.735. The molecule has 0 radical (unpaired) electrons. The average Bonchev–Trinajstić information content (AvgIpc) is 3.12. The van der Waals surface area contributed by atoms with Crippen LogP contribution in [0, 0.1) is 6.92 Å². The number of amides is 1. The lowest BCUT2D eigenvalue weighted by Gasteiger charge is -2.35. The molecule has 0 bridgehead atoms. The Morgan fingerprint density at radius 2 is 2.04 bits per heavy atom. The maximum absolute atomic E-state index is 12.5. The van der Waals surface area contributed by atoms with E-state index in [9.17, 15) is 4.79 Å². The zero-order valence-electron chi connectivity index (χ0n) is 15.8. The molecule has 0 saturated carbocycles. The summed E-state index contributed by atoms with van der Waals surface area (Å²) in [5, 5.41) is 3.10. The van der Waals surface area contributed by atoms with E-state index >= 15 is 0 Å². The van der Waals surface area contributed by atoms with Crippen molar-refractivity contribution in [1.82, 2.24) is 10.2 Å². The molecule has 0 aliphatic carbocycles. The summed E-state index contributed by atoms with van der Waals surface area (Å²) in [7, 11) is 0. The fraction of sp³-hybridized carbons (Fsp3) is 0.632. The lowest BCUT2D eigenvalue weighted by atomic mass is 10.0. The van der Waals surface area contributed by atoms with Crippen LogP contribution in [0.3, 0.4) is 0 Å². The highest BCUT2D eigenvalue weighted by Gasteiger charge is 2.31. The normalized spacial score (nSPS) is 23.8. The lowest BCUT2D eigenvalue weighted by Crippen LogP contribution is -2.45. The highest BCUT2D eigenvalue weighted by atomic mass is 35.5. The van der Waals surface area contributed by atoms with Gasteiger partial charge in [0.15, 0.2) is 0 Å². The van der Waals surface area contributed by atoms with Gasteiger partial charge in [-0.15, -0.1) is 24.8 Å². The Balaban J connectivity index is 0.00000182. The molecule has 3 N–H and O–H groups in total. The van der Waals surface area contributed by atoms with Crippen LogP contribution in [0.1, 0.15) is 30.0 Å². The molecule has 1 aromatic carbocycles. The van der Waals surface area contributed by atoms with Crippen LogP contribution in [0.2, 0.25) is 0 Å². The topological polar surface area (TPSA) is 76.8 Å². The second kappa shape index (κ2) is 11.8. The van der Waals surface area contributed by atoms with Gasteiger partial charge in [-0.25, -0.2) is 0 Å². The minimum absolute atomic E-state index is 0. The van der Waals surface area contributed by atoms with Crippen LogP contribution in [-0.4, -0.2) is 62.4 Å². The fourth-order valence-electron chi connectivity index (χ4n) is 3.61. The monoisotopic (exact) mass is 419 g/mol. The Bertz CT molecular complexity index is 585. The van der Waals surface area contributed by atoms with Gasteiger partial charge in [0.25, 0.3) is 0 Å². The van der Waals surface area contributed by atoms with Gasteiger partial charge in [-0.05, 0) is 25.3 Å². The highest BCUT2D eigenvalue weighted by molar-refractivity contribution is 5.85. The number of carbonyl (C=O) groups is 1. The molecule has 2 aliphatic rings. The number of nitrogens with one attached hydrogen (secondary N) is 1. The van der Waals surface area contributed by atoms with Gasteiger partial charge < -0.3 is 20.5 Å². The van der Waals surface area contributed by atoms with E-state index in [-0.39, 0.29) is 49.0 Å². The molecule has 154 valence electrons. The second-order valence-corrected chi connectivity index (χ2v) is 6.88. The molecule has 27 heavy (non-hydrogen) atoms. The molecule has 0 spiro atoms.